The molecule has 1 aliphatic carbocycles. The number of hydrogen-bond acceptors (Lipinski definition) is 2. The van der Waals surface area contributed by atoms with Crippen molar-refractivity contribution < 1.29 is 10.0 Å². The average molecular weight is 168 g/mol. The van der Waals surface area contributed by atoms with Gasteiger partial charge in [-0.15, -0.1) is 0 Å². The lowest BCUT2D eigenvalue weighted by molar-refractivity contribution is 0.341. The zero-order chi connectivity index (χ0) is 9.35. The molecular weight excluding hydrogens is 151 g/mol. The Kier molecular flexibility index (Phi) is 2.64. The summed E-state index contributed by atoms with van der Waals surface area (Å²) in [6.07, 6.45) is 3.22. The van der Waals surface area contributed by atoms with Crippen molar-refractivity contribution in [3.63, 3.8) is 0 Å². The first-order valence-electron chi connectivity index (χ1n) is 4.51. The van der Waals surface area contributed by atoms with E-state index in [1.807, 2.05) is 6.92 Å². The second kappa shape index (κ2) is 3.23. The summed E-state index contributed by atoms with van der Waals surface area (Å²) in [5, 5.41) is 18.4. The van der Waals surface area contributed by atoms with Gasteiger partial charge < -0.3 is 10.0 Å². The van der Waals surface area contributed by atoms with Crippen LogP contribution >= 0.6 is 0 Å². The molecule has 2 nitrogen and oxygen atoms in total. The lowest BCUT2D eigenvalue weighted by atomic mass is 9.58. The van der Waals surface area contributed by atoms with E-state index in [0.29, 0.717) is 0 Å². The molecule has 0 spiro atoms. The van der Waals surface area contributed by atoms with Crippen LogP contribution in [0.3, 0.4) is 0 Å². The molecule has 2 N–H and O–H groups in total. The first-order valence-corrected chi connectivity index (χ1v) is 4.51. The van der Waals surface area contributed by atoms with Crippen molar-refractivity contribution in [2.24, 2.45) is 5.41 Å². The zero-order valence-electron chi connectivity index (χ0n) is 8.09. The van der Waals surface area contributed by atoms with Crippen LogP contribution in [0.1, 0.15) is 40.0 Å². The number of rotatable bonds is 1. The molecule has 1 rings (SSSR count). The second-order valence-corrected chi connectivity index (χ2v) is 4.31. The molecule has 0 unspecified atom stereocenters. The van der Waals surface area contributed by atoms with Gasteiger partial charge in [-0.3, -0.25) is 0 Å². The van der Waals surface area contributed by atoms with Crippen LogP contribution in [-0.2, 0) is 0 Å². The predicted octanol–water partition coefficient (Wildman–Crippen LogP) is 1.52. The van der Waals surface area contributed by atoms with Crippen LogP contribution in [0.5, 0.6) is 0 Å². The van der Waals surface area contributed by atoms with E-state index in [0.717, 1.165) is 30.3 Å². The van der Waals surface area contributed by atoms with Crippen molar-refractivity contribution in [2.75, 3.05) is 0 Å². The Balaban J connectivity index is 3.00. The van der Waals surface area contributed by atoms with Crippen LogP contribution < -0.4 is 0 Å². The van der Waals surface area contributed by atoms with Crippen molar-refractivity contribution in [1.82, 2.24) is 0 Å². The number of hydrogen-bond donors (Lipinski definition) is 2. The van der Waals surface area contributed by atoms with Crippen LogP contribution in [-0.4, -0.2) is 17.2 Å². The largest absolute Gasteiger partial charge is 0.484 e. The van der Waals surface area contributed by atoms with E-state index in [-0.39, 0.29) is 5.41 Å². The van der Waals surface area contributed by atoms with Crippen LogP contribution in [0.2, 0.25) is 0 Å². The minimum absolute atomic E-state index is 0.0312. The Morgan fingerprint density at radius 1 is 1.33 bits per heavy atom. The minimum Gasteiger partial charge on any atom is -0.423 e. The summed E-state index contributed by atoms with van der Waals surface area (Å²) in [4.78, 5) is 0. The van der Waals surface area contributed by atoms with E-state index in [2.05, 4.69) is 13.8 Å². The predicted molar refractivity (Wildman–Crippen MR) is 50.5 cm³/mol. The Hall–Kier alpha value is -0.275. The molecular formula is C9H17BO2. The van der Waals surface area contributed by atoms with Crippen molar-refractivity contribution in [3.05, 3.63) is 11.0 Å². The van der Waals surface area contributed by atoms with Gasteiger partial charge in [-0.2, -0.15) is 0 Å². The molecule has 3 heteroatoms. The molecule has 0 heterocycles. The third-order valence-corrected chi connectivity index (χ3v) is 2.80. The molecule has 0 fully saturated rings. The molecule has 0 radical (unpaired) electrons. The molecule has 0 saturated heterocycles. The molecule has 0 bridgehead atoms. The molecule has 68 valence electrons. The van der Waals surface area contributed by atoms with Gasteiger partial charge in [0.2, 0.25) is 0 Å². The highest BCUT2D eigenvalue weighted by Crippen LogP contribution is 2.40. The Labute approximate surface area is 74.4 Å². The number of allylic oxidation sites excluding steroid dienone is 2. The van der Waals surface area contributed by atoms with E-state index < -0.39 is 7.12 Å². The SMILES string of the molecule is CC1=C(B(O)O)C(C)(C)CCC1. The van der Waals surface area contributed by atoms with E-state index >= 15 is 0 Å². The maximum Gasteiger partial charge on any atom is 0.484 e. The maximum absolute atomic E-state index is 9.18. The van der Waals surface area contributed by atoms with E-state index in [1.165, 1.54) is 0 Å². The van der Waals surface area contributed by atoms with Crippen LogP contribution in [0, 0.1) is 5.41 Å². The maximum atomic E-state index is 9.18. The lowest BCUT2D eigenvalue weighted by Crippen LogP contribution is -2.32. The highest BCUT2D eigenvalue weighted by atomic mass is 16.4. The van der Waals surface area contributed by atoms with Gasteiger partial charge in [0.05, 0.1) is 0 Å². The monoisotopic (exact) mass is 168 g/mol. The quantitative estimate of drug-likeness (QED) is 0.582. The van der Waals surface area contributed by atoms with Gasteiger partial charge in [-0.1, -0.05) is 19.4 Å². The summed E-state index contributed by atoms with van der Waals surface area (Å²) in [5.74, 6) is 0. The smallest absolute Gasteiger partial charge is 0.423 e. The molecule has 0 aromatic rings. The van der Waals surface area contributed by atoms with Gasteiger partial charge in [0.15, 0.2) is 0 Å². The van der Waals surface area contributed by atoms with E-state index in [4.69, 9.17) is 0 Å². The van der Waals surface area contributed by atoms with Gasteiger partial charge in [0.25, 0.3) is 0 Å². The van der Waals surface area contributed by atoms with Gasteiger partial charge in [-0.05, 0) is 37.1 Å². The molecule has 0 aromatic carbocycles. The van der Waals surface area contributed by atoms with Gasteiger partial charge in [0.1, 0.15) is 0 Å². The van der Waals surface area contributed by atoms with Gasteiger partial charge in [0, 0.05) is 0 Å². The topological polar surface area (TPSA) is 40.5 Å². The first-order chi connectivity index (χ1) is 5.45. The molecule has 0 aromatic heterocycles. The van der Waals surface area contributed by atoms with Crippen molar-refractivity contribution in [2.45, 2.75) is 40.0 Å². The summed E-state index contributed by atoms with van der Waals surface area (Å²) in [6.45, 7) is 6.14. The minimum atomic E-state index is -1.26. The third-order valence-electron chi connectivity index (χ3n) is 2.80. The fourth-order valence-electron chi connectivity index (χ4n) is 2.21. The van der Waals surface area contributed by atoms with Crippen molar-refractivity contribution >= 4 is 7.12 Å². The van der Waals surface area contributed by atoms with Gasteiger partial charge >= 0.3 is 7.12 Å². The normalized spacial score (nSPS) is 22.8. The summed E-state index contributed by atoms with van der Waals surface area (Å²) in [5.41, 5.74) is 1.95. The fourth-order valence-corrected chi connectivity index (χ4v) is 2.21. The van der Waals surface area contributed by atoms with Crippen molar-refractivity contribution in [3.8, 4) is 0 Å². The first kappa shape index (κ1) is 9.81. The molecule has 0 saturated carbocycles. The summed E-state index contributed by atoms with van der Waals surface area (Å²) in [6, 6.07) is 0. The van der Waals surface area contributed by atoms with E-state index in [1.54, 1.807) is 0 Å². The van der Waals surface area contributed by atoms with E-state index in [9.17, 15) is 10.0 Å². The zero-order valence-corrected chi connectivity index (χ0v) is 8.09. The fraction of sp³-hybridized carbons (Fsp3) is 0.778. The average Bonchev–Trinajstić information content (AvgIpc) is 1.82. The Morgan fingerprint density at radius 3 is 2.25 bits per heavy atom. The third kappa shape index (κ3) is 1.72. The van der Waals surface area contributed by atoms with Crippen LogP contribution in [0.15, 0.2) is 11.0 Å². The van der Waals surface area contributed by atoms with Crippen LogP contribution in [0.4, 0.5) is 0 Å². The summed E-state index contributed by atoms with van der Waals surface area (Å²) in [7, 11) is -1.26. The Bertz CT molecular complexity index is 207. The summed E-state index contributed by atoms with van der Waals surface area (Å²) >= 11 is 0. The second-order valence-electron chi connectivity index (χ2n) is 4.31. The highest BCUT2D eigenvalue weighted by Gasteiger charge is 2.34. The lowest BCUT2D eigenvalue weighted by Gasteiger charge is -2.34. The summed E-state index contributed by atoms with van der Waals surface area (Å²) < 4.78 is 0. The van der Waals surface area contributed by atoms with Crippen molar-refractivity contribution in [1.29, 1.82) is 0 Å². The Morgan fingerprint density at radius 2 is 1.92 bits per heavy atom. The molecule has 0 amide bonds. The molecule has 12 heavy (non-hydrogen) atoms. The van der Waals surface area contributed by atoms with Crippen LogP contribution in [0.25, 0.3) is 0 Å². The molecule has 0 atom stereocenters. The standard InChI is InChI=1S/C9H17BO2/c1-7-5-4-6-9(2,3)8(7)10(11)12/h11-12H,4-6H2,1-3H3. The van der Waals surface area contributed by atoms with Gasteiger partial charge in [-0.25, -0.2) is 0 Å². The highest BCUT2D eigenvalue weighted by molar-refractivity contribution is 6.51. The molecule has 1 aliphatic rings. The molecule has 0 aliphatic heterocycles.